The van der Waals surface area contributed by atoms with Gasteiger partial charge in [-0.1, -0.05) is 33.3 Å². The van der Waals surface area contributed by atoms with Crippen molar-refractivity contribution in [3.8, 4) is 0 Å². The molecule has 0 spiro atoms. The van der Waals surface area contributed by atoms with Gasteiger partial charge < -0.3 is 30.8 Å². The first-order valence-electron chi connectivity index (χ1n) is 16.3. The number of aliphatic hydroxyl groups excluding tert-OH is 2. The number of benzene rings is 1. The highest BCUT2D eigenvalue weighted by Gasteiger charge is 2.45. The van der Waals surface area contributed by atoms with Gasteiger partial charge in [-0.25, -0.2) is 15.0 Å². The highest BCUT2D eigenvalue weighted by atomic mass is 16.3. The lowest BCUT2D eigenvalue weighted by Crippen LogP contribution is -2.51. The number of nitrogens with zero attached hydrogens (tertiary/aromatic N) is 4. The Labute approximate surface area is 253 Å². The summed E-state index contributed by atoms with van der Waals surface area (Å²) in [5.41, 5.74) is 10.4. The molecule has 3 aliphatic rings. The maximum atomic E-state index is 11.0. The minimum atomic E-state index is -0.841. The van der Waals surface area contributed by atoms with Gasteiger partial charge in [0.1, 0.15) is 29.7 Å². The monoisotopic (exact) mass is 585 g/mol. The van der Waals surface area contributed by atoms with E-state index in [1.165, 1.54) is 50.4 Å². The quantitative estimate of drug-likeness (QED) is 0.189. The van der Waals surface area contributed by atoms with Crippen molar-refractivity contribution in [3.63, 3.8) is 0 Å². The van der Waals surface area contributed by atoms with Crippen molar-refractivity contribution in [3.05, 3.63) is 48.2 Å². The van der Waals surface area contributed by atoms with Gasteiger partial charge in [0.05, 0.1) is 28.6 Å². The molecule has 3 fully saturated rings. The number of H-pyrrole nitrogens is 1. The molecule has 9 nitrogen and oxygen atoms in total. The summed E-state index contributed by atoms with van der Waals surface area (Å²) < 4.78 is 1.96. The number of nitrogen functional groups attached to an aromatic ring is 1. The molecular weight excluding hydrogens is 538 g/mol. The molecule has 3 unspecified atom stereocenters. The van der Waals surface area contributed by atoms with Crippen LogP contribution in [0.5, 0.6) is 0 Å². The summed E-state index contributed by atoms with van der Waals surface area (Å²) in [6.45, 7) is 7.47. The van der Waals surface area contributed by atoms with E-state index in [9.17, 15) is 10.2 Å². The van der Waals surface area contributed by atoms with Crippen molar-refractivity contribution in [1.29, 1.82) is 0 Å². The summed E-state index contributed by atoms with van der Waals surface area (Å²) in [4.78, 5) is 17.0. The summed E-state index contributed by atoms with van der Waals surface area (Å²) >= 11 is 0. The third-order valence-electron chi connectivity index (χ3n) is 10.9. The standard InChI is InChI=1S/C34H47N7O2/c1-34(2,3)23-8-9-25-26(16-23)40-28(39-25)10-7-19-13-21(14-19)29(20-5-4-6-20)36-17-22-15-27(31(43)30(22)42)41-12-11-24-32(35)37-18-38-33(24)41/h8-9,11-12,16,18-22,27,29-31,36,42-43H,4-7,10,13-15,17H2,1-3H3,(H,39,40)(H2,35,37,38)/t19?,21?,22-,27?,29?,30-,31?/m1/s1. The highest BCUT2D eigenvalue weighted by molar-refractivity contribution is 5.86. The molecule has 3 saturated carbocycles. The lowest BCUT2D eigenvalue weighted by atomic mass is 9.63. The minimum absolute atomic E-state index is 0.0121. The Balaban J connectivity index is 0.941. The molecule has 43 heavy (non-hydrogen) atoms. The van der Waals surface area contributed by atoms with Crippen LogP contribution in [0, 0.1) is 23.7 Å². The Morgan fingerprint density at radius 1 is 1.07 bits per heavy atom. The molecule has 0 saturated heterocycles. The van der Waals surface area contributed by atoms with Crippen molar-refractivity contribution >= 4 is 27.9 Å². The number of imidazole rings is 1. The predicted octanol–water partition coefficient (Wildman–Crippen LogP) is 4.89. The van der Waals surface area contributed by atoms with Gasteiger partial charge in [-0.15, -0.1) is 0 Å². The van der Waals surface area contributed by atoms with E-state index in [4.69, 9.17) is 10.7 Å². The third-order valence-corrected chi connectivity index (χ3v) is 10.9. The molecule has 9 heteroatoms. The van der Waals surface area contributed by atoms with E-state index >= 15 is 0 Å². The summed E-state index contributed by atoms with van der Waals surface area (Å²) in [5.74, 6) is 3.68. The van der Waals surface area contributed by atoms with E-state index in [0.717, 1.165) is 47.0 Å². The van der Waals surface area contributed by atoms with Gasteiger partial charge in [0.25, 0.3) is 0 Å². The number of aryl methyl sites for hydroxylation is 1. The average molecular weight is 586 g/mol. The lowest BCUT2D eigenvalue weighted by Gasteiger charge is -2.47. The number of fused-ring (bicyclic) bond motifs is 2. The molecule has 0 aliphatic heterocycles. The normalized spacial score (nSPS) is 28.8. The van der Waals surface area contributed by atoms with Gasteiger partial charge in [-0.3, -0.25) is 0 Å². The predicted molar refractivity (Wildman–Crippen MR) is 170 cm³/mol. The fourth-order valence-electron chi connectivity index (χ4n) is 7.94. The number of nitrogens with one attached hydrogen (secondary N) is 2. The molecule has 0 amide bonds. The zero-order valence-corrected chi connectivity index (χ0v) is 25.7. The van der Waals surface area contributed by atoms with E-state index in [1.54, 1.807) is 0 Å². The van der Waals surface area contributed by atoms with Crippen LogP contribution in [0.15, 0.2) is 36.8 Å². The number of aromatic amines is 1. The molecule has 0 bridgehead atoms. The molecule has 5 atom stereocenters. The van der Waals surface area contributed by atoms with Crippen LogP contribution in [0.2, 0.25) is 0 Å². The summed E-state index contributed by atoms with van der Waals surface area (Å²) in [6.07, 6.45) is 11.1. The first-order valence-corrected chi connectivity index (χ1v) is 16.3. The summed E-state index contributed by atoms with van der Waals surface area (Å²) in [6, 6.07) is 8.77. The Hall–Kier alpha value is -3.01. The fraction of sp³-hybridized carbons (Fsp3) is 0.618. The Morgan fingerprint density at radius 3 is 2.63 bits per heavy atom. The first-order chi connectivity index (χ1) is 20.7. The second-order valence-corrected chi connectivity index (χ2v) is 14.7. The number of nitrogens with two attached hydrogens (primary N) is 1. The zero-order chi connectivity index (χ0) is 29.9. The Kier molecular flexibility index (Phi) is 7.46. The third kappa shape index (κ3) is 5.44. The Bertz CT molecular complexity index is 1580. The lowest BCUT2D eigenvalue weighted by molar-refractivity contribution is 0.00353. The van der Waals surface area contributed by atoms with Gasteiger partial charge in [-0.2, -0.15) is 0 Å². The fourth-order valence-corrected chi connectivity index (χ4v) is 7.94. The molecule has 3 heterocycles. The number of aliphatic hydroxyl groups is 2. The molecule has 3 aliphatic carbocycles. The number of hydrogen-bond donors (Lipinski definition) is 5. The van der Waals surface area contributed by atoms with Gasteiger partial charge in [0, 0.05) is 31.1 Å². The first kappa shape index (κ1) is 28.7. The van der Waals surface area contributed by atoms with E-state index < -0.39 is 12.2 Å². The molecular formula is C34H47N7O2. The molecule has 6 N–H and O–H groups in total. The molecule has 4 aromatic rings. The molecule has 7 rings (SSSR count). The molecule has 230 valence electrons. The zero-order valence-electron chi connectivity index (χ0n) is 25.7. The SMILES string of the molecule is CC(C)(C)c1ccc2nc(CCC3CC(C(NC[C@H]4CC(n5ccc6c(N)ncnc65)C(O)[C@@H]4O)C4CCC4)C3)[nH]c2c1. The van der Waals surface area contributed by atoms with Gasteiger partial charge in [-0.05, 0) is 85.5 Å². The van der Waals surface area contributed by atoms with E-state index in [0.29, 0.717) is 29.8 Å². The van der Waals surface area contributed by atoms with Crippen LogP contribution in [-0.4, -0.2) is 59.5 Å². The van der Waals surface area contributed by atoms with Gasteiger partial charge in [0.15, 0.2) is 0 Å². The van der Waals surface area contributed by atoms with Gasteiger partial charge in [0.2, 0.25) is 0 Å². The highest BCUT2D eigenvalue weighted by Crippen LogP contribution is 2.45. The second-order valence-electron chi connectivity index (χ2n) is 14.7. The molecule has 0 radical (unpaired) electrons. The molecule has 1 aromatic carbocycles. The smallest absolute Gasteiger partial charge is 0.145 e. The number of hydrogen-bond acceptors (Lipinski definition) is 7. The van der Waals surface area contributed by atoms with E-state index in [-0.39, 0.29) is 17.4 Å². The van der Waals surface area contributed by atoms with Crippen LogP contribution in [-0.2, 0) is 11.8 Å². The Morgan fingerprint density at radius 2 is 1.88 bits per heavy atom. The van der Waals surface area contributed by atoms with Crippen LogP contribution in [0.1, 0.15) is 83.1 Å². The van der Waals surface area contributed by atoms with Crippen molar-refractivity contribution in [1.82, 2.24) is 29.8 Å². The topological polar surface area (TPSA) is 138 Å². The van der Waals surface area contributed by atoms with Crippen LogP contribution >= 0.6 is 0 Å². The second kappa shape index (κ2) is 11.2. The van der Waals surface area contributed by atoms with Crippen LogP contribution in [0.4, 0.5) is 5.82 Å². The number of rotatable bonds is 9. The van der Waals surface area contributed by atoms with Crippen molar-refractivity contribution in [2.45, 2.75) is 102 Å². The minimum Gasteiger partial charge on any atom is -0.390 e. The summed E-state index contributed by atoms with van der Waals surface area (Å²) in [7, 11) is 0. The van der Waals surface area contributed by atoms with Crippen LogP contribution in [0.3, 0.4) is 0 Å². The number of anilines is 1. The maximum Gasteiger partial charge on any atom is 0.145 e. The number of aromatic nitrogens is 5. The average Bonchev–Trinajstić information content (AvgIpc) is 3.60. The van der Waals surface area contributed by atoms with Crippen molar-refractivity contribution < 1.29 is 10.2 Å². The maximum absolute atomic E-state index is 11.0. The van der Waals surface area contributed by atoms with Gasteiger partial charge >= 0.3 is 0 Å². The van der Waals surface area contributed by atoms with Crippen LogP contribution < -0.4 is 11.1 Å². The molecule has 3 aromatic heterocycles. The largest absolute Gasteiger partial charge is 0.390 e. The van der Waals surface area contributed by atoms with E-state index in [1.807, 2.05) is 16.8 Å². The van der Waals surface area contributed by atoms with Crippen molar-refractivity contribution in [2.24, 2.45) is 23.7 Å². The van der Waals surface area contributed by atoms with E-state index in [2.05, 4.69) is 59.2 Å². The van der Waals surface area contributed by atoms with Crippen molar-refractivity contribution in [2.75, 3.05) is 12.3 Å². The summed E-state index contributed by atoms with van der Waals surface area (Å²) in [5, 5.41) is 26.8. The van der Waals surface area contributed by atoms with Crippen LogP contribution in [0.25, 0.3) is 22.1 Å².